The molecule has 0 fully saturated rings. The number of hydrogen-bond acceptors (Lipinski definition) is 5. The molecule has 0 heterocycles. The number of hydrogen-bond donors (Lipinski definition) is 1. The van der Waals surface area contributed by atoms with Crippen LogP contribution < -0.4 is 0 Å². The Morgan fingerprint density at radius 3 is 1.67 bits per heavy atom. The molecule has 5 nitrogen and oxygen atoms in total. The topological polar surface area (TPSA) is 88.5 Å². The molecule has 0 saturated heterocycles. The molecule has 0 spiro atoms. The van der Waals surface area contributed by atoms with Gasteiger partial charge in [-0.25, -0.2) is 0 Å². The van der Waals surface area contributed by atoms with Crippen LogP contribution >= 0.6 is 0 Å². The van der Waals surface area contributed by atoms with E-state index in [1.54, 1.807) is 24.3 Å². The number of carbonyl (C=O) groups excluding carboxylic acids is 4. The third kappa shape index (κ3) is 1.62. The van der Waals surface area contributed by atoms with Gasteiger partial charge >= 0.3 is 0 Å². The van der Waals surface area contributed by atoms with E-state index in [4.69, 9.17) is 0 Å². The zero-order valence-electron chi connectivity index (χ0n) is 12.3. The minimum atomic E-state index is -2.65. The van der Waals surface area contributed by atoms with Gasteiger partial charge in [-0.1, -0.05) is 48.5 Å². The van der Waals surface area contributed by atoms with Gasteiger partial charge in [0.1, 0.15) is 0 Å². The van der Waals surface area contributed by atoms with Crippen molar-refractivity contribution in [1.82, 2.24) is 0 Å². The van der Waals surface area contributed by atoms with Crippen LogP contribution in [0.3, 0.4) is 0 Å². The van der Waals surface area contributed by atoms with E-state index in [0.29, 0.717) is 0 Å². The lowest BCUT2D eigenvalue weighted by Crippen LogP contribution is -2.47. The molecule has 2 aliphatic carbocycles. The third-order valence-corrected chi connectivity index (χ3v) is 4.42. The number of Topliss-reactive ketones (excluding diaryl/α,β-unsaturated/α-hetero) is 3. The quantitative estimate of drug-likeness (QED) is 0.810. The summed E-state index contributed by atoms with van der Waals surface area (Å²) in [6.45, 7) is 0. The highest BCUT2D eigenvalue weighted by atomic mass is 16.3. The minimum absolute atomic E-state index is 0.0463. The second-order valence-corrected chi connectivity index (χ2v) is 5.71. The fourth-order valence-electron chi connectivity index (χ4n) is 3.20. The normalized spacial score (nSPS) is 18.3. The van der Waals surface area contributed by atoms with Crippen LogP contribution in [-0.2, 0) is 0 Å². The summed E-state index contributed by atoms with van der Waals surface area (Å²) < 4.78 is 0. The molecule has 2 aromatic rings. The van der Waals surface area contributed by atoms with Crippen molar-refractivity contribution in [2.45, 2.75) is 5.60 Å². The lowest BCUT2D eigenvalue weighted by Gasteiger charge is -2.25. The zero-order chi connectivity index (χ0) is 17.1. The van der Waals surface area contributed by atoms with Crippen molar-refractivity contribution < 1.29 is 24.3 Å². The van der Waals surface area contributed by atoms with Gasteiger partial charge in [-0.2, -0.15) is 0 Å². The van der Waals surface area contributed by atoms with Crippen LogP contribution in [0.15, 0.2) is 60.2 Å². The highest BCUT2D eigenvalue weighted by Crippen LogP contribution is 2.38. The van der Waals surface area contributed by atoms with Crippen LogP contribution in [0.2, 0.25) is 0 Å². The van der Waals surface area contributed by atoms with Gasteiger partial charge in [0.2, 0.25) is 17.2 Å². The van der Waals surface area contributed by atoms with Gasteiger partial charge in [0, 0.05) is 22.3 Å². The summed E-state index contributed by atoms with van der Waals surface area (Å²) in [5, 5.41) is 10.8. The average Bonchev–Trinajstić information content (AvgIpc) is 2.81. The average molecular weight is 318 g/mol. The number of carbonyl (C=O) groups is 4. The highest BCUT2D eigenvalue weighted by molar-refractivity contribution is 6.40. The van der Waals surface area contributed by atoms with Crippen molar-refractivity contribution in [2.75, 3.05) is 0 Å². The Morgan fingerprint density at radius 2 is 1.12 bits per heavy atom. The summed E-state index contributed by atoms with van der Waals surface area (Å²) in [7, 11) is 0. The summed E-state index contributed by atoms with van der Waals surface area (Å²) in [6.07, 6.45) is 0.895. The number of fused-ring (bicyclic) bond motifs is 2. The smallest absolute Gasteiger partial charge is 0.220 e. The number of rotatable bonds is 1. The zero-order valence-corrected chi connectivity index (χ0v) is 12.3. The molecule has 1 N–H and O–H groups in total. The molecule has 0 unspecified atom stereocenters. The molecule has 2 aromatic carbocycles. The first-order chi connectivity index (χ1) is 11.5. The largest absolute Gasteiger partial charge is 0.370 e. The molecule has 24 heavy (non-hydrogen) atoms. The summed E-state index contributed by atoms with van der Waals surface area (Å²) in [5.74, 6) is -2.97. The molecule has 0 aromatic heterocycles. The van der Waals surface area contributed by atoms with Crippen LogP contribution in [0, 0.1) is 0 Å². The number of aliphatic hydroxyl groups is 1. The van der Waals surface area contributed by atoms with Crippen molar-refractivity contribution in [3.05, 3.63) is 82.4 Å². The van der Waals surface area contributed by atoms with Crippen LogP contribution in [0.1, 0.15) is 41.4 Å². The molecule has 2 aliphatic rings. The Kier molecular flexibility index (Phi) is 2.80. The number of allylic oxidation sites excluding steroid dienone is 1. The molecule has 4 rings (SSSR count). The molecule has 116 valence electrons. The van der Waals surface area contributed by atoms with Crippen LogP contribution in [0.4, 0.5) is 0 Å². The monoisotopic (exact) mass is 318 g/mol. The molecule has 0 aliphatic heterocycles. The van der Waals surface area contributed by atoms with Crippen molar-refractivity contribution in [2.24, 2.45) is 0 Å². The minimum Gasteiger partial charge on any atom is -0.370 e. The van der Waals surface area contributed by atoms with Gasteiger partial charge in [-0.15, -0.1) is 0 Å². The van der Waals surface area contributed by atoms with Crippen molar-refractivity contribution in [1.29, 1.82) is 0 Å². The SMILES string of the molecule is O=C1C=C(C2(O)C(=O)c3ccccc3C2=O)C(=O)c2ccccc21. The summed E-state index contributed by atoms with van der Waals surface area (Å²) in [6, 6.07) is 12.1. The first kappa shape index (κ1) is 14.4. The summed E-state index contributed by atoms with van der Waals surface area (Å²) in [4.78, 5) is 50.2. The van der Waals surface area contributed by atoms with Gasteiger partial charge < -0.3 is 5.11 Å². The third-order valence-electron chi connectivity index (χ3n) is 4.42. The first-order valence-corrected chi connectivity index (χ1v) is 7.27. The van der Waals surface area contributed by atoms with Gasteiger partial charge in [0.15, 0.2) is 11.6 Å². The predicted octanol–water partition coefficient (Wildman–Crippen LogP) is 1.80. The standard InChI is InChI=1S/C19H10O5/c20-15-9-14(16(21)11-6-2-1-5-10(11)15)19(24)17(22)12-7-3-4-8-13(12)18(19)23/h1-9,24H. The molecule has 0 saturated carbocycles. The van der Waals surface area contributed by atoms with Crippen LogP contribution in [0.25, 0.3) is 0 Å². The van der Waals surface area contributed by atoms with E-state index < -0.39 is 34.3 Å². The molecule has 5 heteroatoms. The molecule has 0 atom stereocenters. The maximum absolute atomic E-state index is 12.7. The van der Waals surface area contributed by atoms with Gasteiger partial charge in [-0.05, 0) is 6.08 Å². The van der Waals surface area contributed by atoms with Gasteiger partial charge in [0.25, 0.3) is 0 Å². The van der Waals surface area contributed by atoms with E-state index in [-0.39, 0.29) is 22.3 Å². The second kappa shape index (κ2) is 4.66. The molecular formula is C19H10O5. The molecule has 0 amide bonds. The van der Waals surface area contributed by atoms with Crippen LogP contribution in [0.5, 0.6) is 0 Å². The van der Waals surface area contributed by atoms with E-state index in [2.05, 4.69) is 0 Å². The fourth-order valence-corrected chi connectivity index (χ4v) is 3.20. The molecule has 0 bridgehead atoms. The van der Waals surface area contributed by atoms with Gasteiger partial charge in [0.05, 0.1) is 5.57 Å². The first-order valence-electron chi connectivity index (χ1n) is 7.27. The summed E-state index contributed by atoms with van der Waals surface area (Å²) in [5.41, 5.74) is -2.79. The lowest BCUT2D eigenvalue weighted by molar-refractivity contribution is 0.0432. The highest BCUT2D eigenvalue weighted by Gasteiger charge is 2.57. The number of benzene rings is 2. The molecular weight excluding hydrogens is 308 g/mol. The number of ketones is 4. The van der Waals surface area contributed by atoms with E-state index >= 15 is 0 Å². The Labute approximate surface area is 136 Å². The Hall–Kier alpha value is -3.18. The molecule has 0 radical (unpaired) electrons. The Bertz CT molecular complexity index is 961. The van der Waals surface area contributed by atoms with E-state index in [0.717, 1.165) is 6.08 Å². The van der Waals surface area contributed by atoms with Crippen molar-refractivity contribution in [3.63, 3.8) is 0 Å². The van der Waals surface area contributed by atoms with Gasteiger partial charge in [-0.3, -0.25) is 19.2 Å². The van der Waals surface area contributed by atoms with Crippen molar-refractivity contribution >= 4 is 23.1 Å². The second-order valence-electron chi connectivity index (χ2n) is 5.71. The van der Waals surface area contributed by atoms with Crippen molar-refractivity contribution in [3.8, 4) is 0 Å². The van der Waals surface area contributed by atoms with Crippen LogP contribution in [-0.4, -0.2) is 33.8 Å². The van der Waals surface area contributed by atoms with E-state index in [1.807, 2.05) is 0 Å². The lowest BCUT2D eigenvalue weighted by atomic mass is 9.78. The maximum atomic E-state index is 12.7. The van der Waals surface area contributed by atoms with E-state index in [9.17, 15) is 24.3 Å². The Morgan fingerprint density at radius 1 is 0.667 bits per heavy atom. The fraction of sp³-hybridized carbons (Fsp3) is 0.0526. The van der Waals surface area contributed by atoms with E-state index in [1.165, 1.54) is 24.3 Å². The summed E-state index contributed by atoms with van der Waals surface area (Å²) >= 11 is 0. The Balaban J connectivity index is 1.92. The predicted molar refractivity (Wildman–Crippen MR) is 83.2 cm³/mol. The maximum Gasteiger partial charge on any atom is 0.220 e.